The minimum Gasteiger partial charge on any atom is -0.465 e. The average molecular weight is 313 g/mol. The molecule has 0 spiro atoms. The quantitative estimate of drug-likeness (QED) is 0.235. The van der Waals surface area contributed by atoms with Crippen molar-refractivity contribution in [2.75, 3.05) is 6.61 Å². The maximum Gasteiger partial charge on any atom is 0.308 e. The molecule has 1 atom stereocenters. The first-order chi connectivity index (χ1) is 10.8. The van der Waals surface area contributed by atoms with E-state index >= 15 is 0 Å². The van der Waals surface area contributed by atoms with Gasteiger partial charge in [-0.1, -0.05) is 91.4 Å². The molecular weight excluding hydrogens is 272 g/mol. The van der Waals surface area contributed by atoms with E-state index in [4.69, 9.17) is 4.74 Å². The lowest BCUT2D eigenvalue weighted by molar-refractivity contribution is -0.149. The highest BCUT2D eigenvalue weighted by Gasteiger charge is 2.18. The van der Waals surface area contributed by atoms with Crippen molar-refractivity contribution in [2.45, 2.75) is 111 Å². The lowest BCUT2D eigenvalue weighted by Crippen LogP contribution is -2.18. The van der Waals surface area contributed by atoms with Crippen molar-refractivity contribution in [3.8, 4) is 0 Å². The van der Waals surface area contributed by atoms with E-state index in [-0.39, 0.29) is 11.9 Å². The van der Waals surface area contributed by atoms with Crippen LogP contribution in [0.3, 0.4) is 0 Å². The van der Waals surface area contributed by atoms with Gasteiger partial charge in [-0.2, -0.15) is 0 Å². The van der Waals surface area contributed by atoms with Crippen LogP contribution in [0.25, 0.3) is 0 Å². The van der Waals surface area contributed by atoms with E-state index in [0.29, 0.717) is 6.61 Å². The number of hydrogen-bond acceptors (Lipinski definition) is 2. The van der Waals surface area contributed by atoms with E-state index in [1.807, 2.05) is 6.92 Å². The van der Waals surface area contributed by atoms with E-state index in [0.717, 1.165) is 25.7 Å². The molecule has 0 N–H and O–H groups in total. The van der Waals surface area contributed by atoms with Crippen molar-refractivity contribution in [1.82, 2.24) is 0 Å². The summed E-state index contributed by atoms with van der Waals surface area (Å²) in [6.45, 7) is 7.05. The molecule has 0 heterocycles. The molecule has 1 unspecified atom stereocenters. The molecule has 0 rings (SSSR count). The molecule has 0 bridgehead atoms. The van der Waals surface area contributed by atoms with Crippen LogP contribution in [0.15, 0.2) is 0 Å². The molecule has 0 aliphatic carbocycles. The van der Waals surface area contributed by atoms with E-state index in [2.05, 4.69) is 13.8 Å². The van der Waals surface area contributed by atoms with Crippen LogP contribution in [0.2, 0.25) is 0 Å². The van der Waals surface area contributed by atoms with Crippen LogP contribution in [-0.2, 0) is 9.53 Å². The topological polar surface area (TPSA) is 26.3 Å². The third kappa shape index (κ3) is 13.2. The van der Waals surface area contributed by atoms with E-state index in [9.17, 15) is 4.79 Å². The van der Waals surface area contributed by atoms with E-state index < -0.39 is 0 Å². The fraction of sp³-hybridized carbons (Fsp3) is 0.950. The summed E-state index contributed by atoms with van der Waals surface area (Å²) >= 11 is 0. The van der Waals surface area contributed by atoms with Gasteiger partial charge in [0, 0.05) is 0 Å². The summed E-state index contributed by atoms with van der Waals surface area (Å²) in [5.74, 6) is 0.185. The van der Waals surface area contributed by atoms with Gasteiger partial charge in [0.15, 0.2) is 0 Å². The second-order valence-corrected chi connectivity index (χ2v) is 6.62. The summed E-state index contributed by atoms with van der Waals surface area (Å²) in [6, 6.07) is 0. The monoisotopic (exact) mass is 312 g/mol. The molecule has 2 heteroatoms. The normalized spacial score (nSPS) is 12.3. The number of carbonyl (C=O) groups is 1. The summed E-state index contributed by atoms with van der Waals surface area (Å²) in [4.78, 5) is 12.0. The van der Waals surface area contributed by atoms with Crippen molar-refractivity contribution < 1.29 is 9.53 Å². The molecule has 132 valence electrons. The molecule has 0 saturated carbocycles. The Labute approximate surface area is 139 Å². The number of esters is 1. The number of hydrogen-bond donors (Lipinski definition) is 0. The van der Waals surface area contributed by atoms with Crippen LogP contribution < -0.4 is 0 Å². The Bertz CT molecular complexity index is 238. The summed E-state index contributed by atoms with van der Waals surface area (Å²) in [5, 5.41) is 0. The summed E-state index contributed by atoms with van der Waals surface area (Å²) in [7, 11) is 0. The molecule has 0 aromatic carbocycles. The Morgan fingerprint density at radius 1 is 0.682 bits per heavy atom. The van der Waals surface area contributed by atoms with E-state index in [1.165, 1.54) is 64.2 Å². The fourth-order valence-electron chi connectivity index (χ4n) is 2.93. The predicted octanol–water partition coefficient (Wildman–Crippen LogP) is 6.67. The highest BCUT2D eigenvalue weighted by atomic mass is 16.5. The zero-order chi connectivity index (χ0) is 16.5. The van der Waals surface area contributed by atoms with Crippen LogP contribution in [0.1, 0.15) is 111 Å². The Kier molecular flexibility index (Phi) is 16.4. The minimum absolute atomic E-state index is 0.0413. The van der Waals surface area contributed by atoms with Gasteiger partial charge < -0.3 is 4.74 Å². The maximum absolute atomic E-state index is 12.0. The first-order valence-electron chi connectivity index (χ1n) is 9.92. The van der Waals surface area contributed by atoms with Gasteiger partial charge in [-0.05, 0) is 19.3 Å². The zero-order valence-corrected chi connectivity index (χ0v) is 15.5. The van der Waals surface area contributed by atoms with E-state index in [1.54, 1.807) is 0 Å². The third-order valence-electron chi connectivity index (χ3n) is 4.33. The smallest absolute Gasteiger partial charge is 0.308 e. The van der Waals surface area contributed by atoms with Gasteiger partial charge >= 0.3 is 5.97 Å². The standard InChI is InChI=1S/C20H40O2/c1-4-7-8-9-10-11-12-13-14-15-17-19(16-5-2)20(21)22-18-6-3/h19H,4-18H2,1-3H3. The summed E-state index contributed by atoms with van der Waals surface area (Å²) < 4.78 is 5.31. The van der Waals surface area contributed by atoms with Gasteiger partial charge in [0.05, 0.1) is 12.5 Å². The van der Waals surface area contributed by atoms with Crippen LogP contribution in [0.4, 0.5) is 0 Å². The number of unbranched alkanes of at least 4 members (excludes halogenated alkanes) is 9. The summed E-state index contributed by atoms with van der Waals surface area (Å²) in [6.07, 6.45) is 17.5. The second kappa shape index (κ2) is 16.8. The van der Waals surface area contributed by atoms with Crippen molar-refractivity contribution >= 4 is 5.97 Å². The molecule has 0 aliphatic heterocycles. The molecule has 22 heavy (non-hydrogen) atoms. The third-order valence-corrected chi connectivity index (χ3v) is 4.33. The van der Waals surface area contributed by atoms with Crippen LogP contribution in [-0.4, -0.2) is 12.6 Å². The van der Waals surface area contributed by atoms with Crippen LogP contribution >= 0.6 is 0 Å². The molecule has 0 saturated heterocycles. The molecule has 2 nitrogen and oxygen atoms in total. The molecule has 0 aromatic heterocycles. The van der Waals surface area contributed by atoms with Gasteiger partial charge in [-0.3, -0.25) is 4.79 Å². The highest BCUT2D eigenvalue weighted by Crippen LogP contribution is 2.19. The van der Waals surface area contributed by atoms with Crippen molar-refractivity contribution in [1.29, 1.82) is 0 Å². The molecule has 0 radical (unpaired) electrons. The Balaban J connectivity index is 3.53. The zero-order valence-electron chi connectivity index (χ0n) is 15.5. The Morgan fingerprint density at radius 3 is 1.73 bits per heavy atom. The largest absolute Gasteiger partial charge is 0.465 e. The van der Waals surface area contributed by atoms with Gasteiger partial charge in [0.1, 0.15) is 0 Å². The maximum atomic E-state index is 12.0. The molecule has 0 aromatic rings. The Morgan fingerprint density at radius 2 is 1.23 bits per heavy atom. The predicted molar refractivity (Wildman–Crippen MR) is 96.1 cm³/mol. The lowest BCUT2D eigenvalue weighted by atomic mass is 9.96. The second-order valence-electron chi connectivity index (χ2n) is 6.62. The number of rotatable bonds is 16. The average Bonchev–Trinajstić information content (AvgIpc) is 2.53. The van der Waals surface area contributed by atoms with Gasteiger partial charge in [-0.15, -0.1) is 0 Å². The molecule has 0 fully saturated rings. The van der Waals surface area contributed by atoms with Gasteiger partial charge in [0.2, 0.25) is 0 Å². The van der Waals surface area contributed by atoms with Crippen molar-refractivity contribution in [3.05, 3.63) is 0 Å². The highest BCUT2D eigenvalue weighted by molar-refractivity contribution is 5.72. The SMILES string of the molecule is CCCCCCCCCCCCC(CCC)C(=O)OCCC. The Hall–Kier alpha value is -0.530. The fourth-order valence-corrected chi connectivity index (χ4v) is 2.93. The number of ether oxygens (including phenoxy) is 1. The number of carbonyl (C=O) groups excluding carboxylic acids is 1. The molecular formula is C20H40O2. The van der Waals surface area contributed by atoms with Crippen LogP contribution in [0, 0.1) is 5.92 Å². The van der Waals surface area contributed by atoms with Gasteiger partial charge in [0.25, 0.3) is 0 Å². The molecule has 0 amide bonds. The van der Waals surface area contributed by atoms with Crippen molar-refractivity contribution in [3.63, 3.8) is 0 Å². The molecule has 0 aliphatic rings. The minimum atomic E-state index is 0.0413. The van der Waals surface area contributed by atoms with Gasteiger partial charge in [-0.25, -0.2) is 0 Å². The lowest BCUT2D eigenvalue weighted by Gasteiger charge is -2.14. The summed E-state index contributed by atoms with van der Waals surface area (Å²) in [5.41, 5.74) is 0. The first kappa shape index (κ1) is 21.5. The van der Waals surface area contributed by atoms with Crippen molar-refractivity contribution in [2.24, 2.45) is 5.92 Å². The van der Waals surface area contributed by atoms with Crippen LogP contribution in [0.5, 0.6) is 0 Å². The first-order valence-corrected chi connectivity index (χ1v) is 9.92.